The molecule has 0 unspecified atom stereocenters. The second-order valence-corrected chi connectivity index (χ2v) is 4.88. The predicted molar refractivity (Wildman–Crippen MR) is 66.6 cm³/mol. The van der Waals surface area contributed by atoms with Crippen LogP contribution in [0, 0.1) is 5.92 Å². The zero-order valence-corrected chi connectivity index (χ0v) is 10.3. The van der Waals surface area contributed by atoms with Crippen molar-refractivity contribution >= 4 is 17.1 Å². The summed E-state index contributed by atoms with van der Waals surface area (Å²) in [5.41, 5.74) is 5.10. The van der Waals surface area contributed by atoms with Gasteiger partial charge in [0.15, 0.2) is 11.2 Å². The van der Waals surface area contributed by atoms with Gasteiger partial charge in [-0.05, 0) is 6.42 Å². The van der Waals surface area contributed by atoms with Crippen LogP contribution in [-0.4, -0.2) is 59.1 Å². The van der Waals surface area contributed by atoms with Crippen molar-refractivity contribution in [2.45, 2.75) is 24.7 Å². The zero-order valence-electron chi connectivity index (χ0n) is 10.3. The van der Waals surface area contributed by atoms with Gasteiger partial charge in [-0.25, -0.2) is 4.68 Å². The Labute approximate surface area is 111 Å². The first-order valence-electron chi connectivity index (χ1n) is 6.10. The lowest BCUT2D eigenvalue weighted by atomic mass is 10.1. The van der Waals surface area contributed by atoms with E-state index in [-0.39, 0.29) is 23.7 Å². The van der Waals surface area contributed by atoms with E-state index >= 15 is 0 Å². The largest absolute Gasteiger partial charge is 0.396 e. The first-order valence-corrected chi connectivity index (χ1v) is 6.10. The molecule has 20 heavy (non-hydrogen) atoms. The number of aromatic nitrogens is 5. The van der Waals surface area contributed by atoms with Gasteiger partial charge in [0.2, 0.25) is 5.95 Å². The monoisotopic (exact) mass is 282 g/mol. The fourth-order valence-corrected chi connectivity index (χ4v) is 2.60. The third-order valence-electron chi connectivity index (χ3n) is 3.67. The van der Waals surface area contributed by atoms with Gasteiger partial charge in [0.25, 0.3) is 5.56 Å². The lowest BCUT2D eigenvalue weighted by Gasteiger charge is -2.16. The van der Waals surface area contributed by atoms with Crippen LogP contribution in [0.3, 0.4) is 0 Å². The number of nitrogens with one attached hydrogen (secondary N) is 1. The Morgan fingerprint density at radius 1 is 1.40 bits per heavy atom. The molecule has 6 N–H and O–H groups in total. The van der Waals surface area contributed by atoms with E-state index < -0.39 is 29.7 Å². The topological polar surface area (TPSA) is 163 Å². The summed E-state index contributed by atoms with van der Waals surface area (Å²) in [7, 11) is 0. The quantitative estimate of drug-likeness (QED) is 0.399. The number of anilines is 1. The maximum Gasteiger partial charge on any atom is 0.282 e. The Kier molecular flexibility index (Phi) is 2.92. The first-order chi connectivity index (χ1) is 9.52. The Morgan fingerprint density at radius 2 is 2.15 bits per heavy atom. The minimum absolute atomic E-state index is 0.00772. The molecule has 1 saturated carbocycles. The van der Waals surface area contributed by atoms with Crippen molar-refractivity contribution in [3.05, 3.63) is 10.4 Å². The number of aromatic amines is 1. The number of hydrogen-bond acceptors (Lipinski definition) is 8. The molecule has 1 aliphatic rings. The van der Waals surface area contributed by atoms with Crippen molar-refractivity contribution in [3.63, 3.8) is 0 Å². The standard InChI is InChI=1S/C10H14N6O4/c11-10-12-8-5(9(20)13-10)14-15-16(8)4-1-3(2-17)6(18)7(4)19/h3-4,6-7,17-19H,1-2H2,(H3,11,12,13,20)/t3-,4-,6+,7-/m1/s1. The van der Waals surface area contributed by atoms with Gasteiger partial charge in [0, 0.05) is 12.5 Å². The average Bonchev–Trinajstić information content (AvgIpc) is 2.93. The highest BCUT2D eigenvalue weighted by Gasteiger charge is 2.43. The zero-order chi connectivity index (χ0) is 14.4. The molecule has 0 radical (unpaired) electrons. The summed E-state index contributed by atoms with van der Waals surface area (Å²) in [4.78, 5) is 17.9. The van der Waals surface area contributed by atoms with E-state index in [1.165, 1.54) is 4.68 Å². The molecule has 0 aromatic carbocycles. The Morgan fingerprint density at radius 3 is 2.80 bits per heavy atom. The summed E-state index contributed by atoms with van der Waals surface area (Å²) < 4.78 is 1.27. The van der Waals surface area contributed by atoms with Crippen molar-refractivity contribution in [2.75, 3.05) is 12.3 Å². The van der Waals surface area contributed by atoms with E-state index in [4.69, 9.17) is 10.8 Å². The molecule has 1 fully saturated rings. The lowest BCUT2D eigenvalue weighted by molar-refractivity contribution is -0.00511. The fraction of sp³-hybridized carbons (Fsp3) is 0.600. The lowest BCUT2D eigenvalue weighted by Crippen LogP contribution is -2.31. The summed E-state index contributed by atoms with van der Waals surface area (Å²) in [5.74, 6) is -0.550. The summed E-state index contributed by atoms with van der Waals surface area (Å²) >= 11 is 0. The molecule has 0 amide bonds. The molecule has 108 valence electrons. The summed E-state index contributed by atoms with van der Waals surface area (Å²) in [6.45, 7) is -0.252. The molecule has 10 heteroatoms. The van der Waals surface area contributed by atoms with Crippen molar-refractivity contribution in [1.29, 1.82) is 0 Å². The molecule has 10 nitrogen and oxygen atoms in total. The highest BCUT2D eigenvalue weighted by atomic mass is 16.3. The van der Waals surface area contributed by atoms with E-state index in [0.717, 1.165) is 0 Å². The molecule has 0 saturated heterocycles. The Hall–Kier alpha value is -2.04. The first kappa shape index (κ1) is 13.0. The highest BCUT2D eigenvalue weighted by Crippen LogP contribution is 2.35. The minimum Gasteiger partial charge on any atom is -0.396 e. The third kappa shape index (κ3) is 1.77. The van der Waals surface area contributed by atoms with Gasteiger partial charge in [0.05, 0.1) is 12.1 Å². The van der Waals surface area contributed by atoms with E-state index in [2.05, 4.69) is 20.3 Å². The Balaban J connectivity index is 2.09. The maximum absolute atomic E-state index is 11.7. The second kappa shape index (κ2) is 4.51. The van der Waals surface area contributed by atoms with Crippen LogP contribution in [0.5, 0.6) is 0 Å². The van der Waals surface area contributed by atoms with Crippen LogP contribution in [0.25, 0.3) is 11.2 Å². The summed E-state index contributed by atoms with van der Waals surface area (Å²) in [5, 5.41) is 36.5. The molecule has 0 bridgehead atoms. The average molecular weight is 282 g/mol. The number of fused-ring (bicyclic) bond motifs is 1. The van der Waals surface area contributed by atoms with E-state index in [9.17, 15) is 15.0 Å². The second-order valence-electron chi connectivity index (χ2n) is 4.88. The van der Waals surface area contributed by atoms with Crippen LogP contribution < -0.4 is 11.3 Å². The van der Waals surface area contributed by atoms with Crippen molar-refractivity contribution in [1.82, 2.24) is 25.0 Å². The Bertz CT molecular complexity index is 697. The number of nitrogens with zero attached hydrogens (tertiary/aromatic N) is 4. The van der Waals surface area contributed by atoms with Gasteiger partial charge < -0.3 is 21.1 Å². The molecule has 0 spiro atoms. The molecular weight excluding hydrogens is 268 g/mol. The van der Waals surface area contributed by atoms with Gasteiger partial charge >= 0.3 is 0 Å². The van der Waals surface area contributed by atoms with E-state index in [0.29, 0.717) is 6.42 Å². The number of nitrogen functional groups attached to an aromatic ring is 1. The van der Waals surface area contributed by atoms with Gasteiger partial charge in [-0.15, -0.1) is 5.10 Å². The van der Waals surface area contributed by atoms with Crippen LogP contribution in [-0.2, 0) is 0 Å². The molecule has 3 rings (SSSR count). The van der Waals surface area contributed by atoms with Crippen LogP contribution in [0.1, 0.15) is 12.5 Å². The molecule has 2 aromatic heterocycles. The van der Waals surface area contributed by atoms with Crippen LogP contribution >= 0.6 is 0 Å². The number of aliphatic hydroxyl groups is 3. The smallest absolute Gasteiger partial charge is 0.282 e. The number of rotatable bonds is 2. The molecule has 2 aromatic rings. The van der Waals surface area contributed by atoms with E-state index in [1.807, 2.05) is 0 Å². The minimum atomic E-state index is -1.13. The van der Waals surface area contributed by atoms with Gasteiger partial charge in [-0.2, -0.15) is 4.98 Å². The SMILES string of the molecule is Nc1nc2c(nnn2[C@@H]2C[C@H](CO)[C@H](O)[C@@H]2O)c(=O)[nH]1. The summed E-state index contributed by atoms with van der Waals surface area (Å²) in [6.07, 6.45) is -1.89. The third-order valence-corrected chi connectivity index (χ3v) is 3.67. The van der Waals surface area contributed by atoms with Crippen LogP contribution in [0.15, 0.2) is 4.79 Å². The molecule has 1 aliphatic carbocycles. The van der Waals surface area contributed by atoms with E-state index in [1.54, 1.807) is 0 Å². The van der Waals surface area contributed by atoms with Gasteiger partial charge in [0.1, 0.15) is 6.10 Å². The number of aliphatic hydroxyl groups excluding tert-OH is 3. The molecule has 0 aliphatic heterocycles. The fourth-order valence-electron chi connectivity index (χ4n) is 2.60. The predicted octanol–water partition coefficient (Wildman–Crippen LogP) is -2.63. The van der Waals surface area contributed by atoms with Crippen LogP contribution in [0.2, 0.25) is 0 Å². The summed E-state index contributed by atoms with van der Waals surface area (Å²) in [6, 6.07) is -0.624. The van der Waals surface area contributed by atoms with Crippen molar-refractivity contribution in [3.8, 4) is 0 Å². The molecule has 2 heterocycles. The van der Waals surface area contributed by atoms with Crippen LogP contribution in [0.4, 0.5) is 5.95 Å². The highest BCUT2D eigenvalue weighted by molar-refractivity contribution is 5.69. The van der Waals surface area contributed by atoms with Gasteiger partial charge in [-0.3, -0.25) is 9.78 Å². The van der Waals surface area contributed by atoms with Gasteiger partial charge in [-0.1, -0.05) is 5.21 Å². The number of H-pyrrole nitrogens is 1. The maximum atomic E-state index is 11.7. The normalized spacial score (nSPS) is 30.1. The molecule has 4 atom stereocenters. The van der Waals surface area contributed by atoms with Crippen molar-refractivity contribution < 1.29 is 15.3 Å². The number of nitrogens with two attached hydrogens (primary N) is 1. The number of hydrogen-bond donors (Lipinski definition) is 5. The molecular formula is C10H14N6O4. The van der Waals surface area contributed by atoms with Crippen molar-refractivity contribution in [2.24, 2.45) is 5.92 Å².